The molecule has 0 spiro atoms. The topological polar surface area (TPSA) is 109 Å². The van der Waals surface area contributed by atoms with Crippen LogP contribution in [0.25, 0.3) is 0 Å². The lowest BCUT2D eigenvalue weighted by Crippen LogP contribution is -2.38. The monoisotopic (exact) mass is 492 g/mol. The summed E-state index contributed by atoms with van der Waals surface area (Å²) in [6, 6.07) is 23.9. The van der Waals surface area contributed by atoms with Crippen LogP contribution in [-0.2, 0) is 27.3 Å². The minimum absolute atomic E-state index is 0.217. The number of amides is 3. The van der Waals surface area contributed by atoms with E-state index in [1.54, 1.807) is 18.2 Å². The first-order chi connectivity index (χ1) is 17.0. The smallest absolute Gasteiger partial charge is 0.329 e. The van der Waals surface area contributed by atoms with Gasteiger partial charge in [0, 0.05) is 23.7 Å². The molecule has 3 amide bonds. The summed E-state index contributed by atoms with van der Waals surface area (Å²) >= 11 is 6.05. The molecule has 3 rings (SSSR count). The molecular formula is C26H25ClN4O4. The molecule has 0 aliphatic carbocycles. The summed E-state index contributed by atoms with van der Waals surface area (Å²) in [7, 11) is 0. The average molecular weight is 493 g/mol. The Morgan fingerprint density at radius 1 is 0.857 bits per heavy atom. The van der Waals surface area contributed by atoms with E-state index >= 15 is 0 Å². The molecule has 0 unspecified atom stereocenters. The minimum Gasteiger partial charge on any atom is -0.483 e. The van der Waals surface area contributed by atoms with Crippen molar-refractivity contribution in [2.75, 3.05) is 13.2 Å². The van der Waals surface area contributed by atoms with E-state index in [2.05, 4.69) is 21.2 Å². The number of halogens is 1. The van der Waals surface area contributed by atoms with Gasteiger partial charge in [0.15, 0.2) is 6.61 Å². The highest BCUT2D eigenvalue weighted by Crippen LogP contribution is 2.21. The van der Waals surface area contributed by atoms with Crippen molar-refractivity contribution in [1.29, 1.82) is 0 Å². The number of carbonyl (C=O) groups excluding carboxylic acids is 3. The molecular weight excluding hydrogens is 468 g/mol. The van der Waals surface area contributed by atoms with Crippen molar-refractivity contribution in [3.63, 3.8) is 0 Å². The van der Waals surface area contributed by atoms with Crippen LogP contribution in [-0.4, -0.2) is 37.1 Å². The Bertz CT molecular complexity index is 1170. The maximum absolute atomic E-state index is 12.1. The summed E-state index contributed by atoms with van der Waals surface area (Å²) in [5, 5.41) is 9.54. The molecule has 0 aliphatic heterocycles. The Balaban J connectivity index is 1.46. The molecule has 0 atom stereocenters. The Morgan fingerprint density at radius 3 is 2.26 bits per heavy atom. The average Bonchev–Trinajstić information content (AvgIpc) is 2.88. The van der Waals surface area contributed by atoms with Gasteiger partial charge in [0.05, 0.1) is 6.21 Å². The number of nitrogens with one attached hydrogen (secondary N) is 3. The second-order valence-corrected chi connectivity index (χ2v) is 7.86. The normalized spacial score (nSPS) is 10.5. The van der Waals surface area contributed by atoms with Crippen molar-refractivity contribution >= 4 is 35.5 Å². The number of hydrogen-bond acceptors (Lipinski definition) is 5. The number of benzene rings is 3. The molecule has 0 saturated carbocycles. The summed E-state index contributed by atoms with van der Waals surface area (Å²) < 4.78 is 5.59. The van der Waals surface area contributed by atoms with Crippen molar-refractivity contribution in [3.8, 4) is 5.75 Å². The number of nitrogens with zero attached hydrogens (tertiary/aromatic N) is 1. The van der Waals surface area contributed by atoms with Crippen LogP contribution in [0.5, 0.6) is 5.75 Å². The van der Waals surface area contributed by atoms with Gasteiger partial charge in [-0.2, -0.15) is 5.10 Å². The quantitative estimate of drug-likeness (QED) is 0.230. The third-order valence-corrected chi connectivity index (χ3v) is 5.02. The molecule has 180 valence electrons. The van der Waals surface area contributed by atoms with Crippen molar-refractivity contribution in [2.24, 2.45) is 5.10 Å². The summed E-state index contributed by atoms with van der Waals surface area (Å²) in [5.41, 5.74) is 4.62. The van der Waals surface area contributed by atoms with Crippen molar-refractivity contribution in [1.82, 2.24) is 16.1 Å². The molecule has 3 N–H and O–H groups in total. The molecule has 0 aliphatic rings. The fraction of sp³-hybridized carbons (Fsp3) is 0.154. The molecule has 0 fully saturated rings. The lowest BCUT2D eigenvalue weighted by Gasteiger charge is -2.10. The number of carbonyl (C=O) groups is 3. The van der Waals surface area contributed by atoms with Gasteiger partial charge >= 0.3 is 11.8 Å². The first-order valence-corrected chi connectivity index (χ1v) is 11.3. The van der Waals surface area contributed by atoms with E-state index in [0.717, 1.165) is 11.1 Å². The lowest BCUT2D eigenvalue weighted by molar-refractivity contribution is -0.139. The molecule has 0 bridgehead atoms. The van der Waals surface area contributed by atoms with Gasteiger partial charge in [0.25, 0.3) is 5.91 Å². The van der Waals surface area contributed by atoms with Crippen molar-refractivity contribution < 1.29 is 19.1 Å². The maximum Gasteiger partial charge on any atom is 0.329 e. The lowest BCUT2D eigenvalue weighted by atomic mass is 10.1. The van der Waals surface area contributed by atoms with Gasteiger partial charge in [0.1, 0.15) is 5.75 Å². The SMILES string of the molecule is O=C(COc1ccc(Cl)cc1/C=N\NC(=O)C(=O)NCCc1ccccc1)NCc1ccccc1. The minimum atomic E-state index is -0.904. The zero-order chi connectivity index (χ0) is 24.9. The molecule has 3 aromatic rings. The Kier molecular flexibility index (Phi) is 9.83. The van der Waals surface area contributed by atoms with Crippen LogP contribution in [0, 0.1) is 0 Å². The van der Waals surface area contributed by atoms with Gasteiger partial charge in [-0.1, -0.05) is 72.3 Å². The van der Waals surface area contributed by atoms with E-state index < -0.39 is 11.8 Å². The highest BCUT2D eigenvalue weighted by atomic mass is 35.5. The molecule has 35 heavy (non-hydrogen) atoms. The van der Waals surface area contributed by atoms with Crippen LogP contribution >= 0.6 is 11.6 Å². The predicted octanol–water partition coefficient (Wildman–Crippen LogP) is 2.84. The highest BCUT2D eigenvalue weighted by Gasteiger charge is 2.12. The van der Waals surface area contributed by atoms with E-state index in [1.807, 2.05) is 60.7 Å². The first kappa shape index (κ1) is 25.5. The Morgan fingerprint density at radius 2 is 1.54 bits per heavy atom. The standard InChI is InChI=1S/C26H25ClN4O4/c27-22-11-12-23(35-18-24(32)29-16-20-9-5-2-6-10-20)21(15-22)17-30-31-26(34)25(33)28-14-13-19-7-3-1-4-8-19/h1-12,15,17H,13-14,16,18H2,(H,28,33)(H,29,32)(H,31,34)/b30-17-. The zero-order valence-electron chi connectivity index (χ0n) is 18.9. The summed E-state index contributed by atoms with van der Waals surface area (Å²) in [6.45, 7) is 0.488. The van der Waals surface area contributed by atoms with E-state index in [-0.39, 0.29) is 12.5 Å². The highest BCUT2D eigenvalue weighted by molar-refractivity contribution is 6.35. The van der Waals surface area contributed by atoms with E-state index in [9.17, 15) is 14.4 Å². The van der Waals surface area contributed by atoms with Crippen LogP contribution in [0.4, 0.5) is 0 Å². The second kappa shape index (κ2) is 13.5. The van der Waals surface area contributed by atoms with Gasteiger partial charge in [-0.3, -0.25) is 14.4 Å². The largest absolute Gasteiger partial charge is 0.483 e. The molecule has 0 heterocycles. The Hall–Kier alpha value is -4.17. The summed E-state index contributed by atoms with van der Waals surface area (Å²) in [6.07, 6.45) is 1.89. The van der Waals surface area contributed by atoms with Crippen molar-refractivity contribution in [2.45, 2.75) is 13.0 Å². The first-order valence-electron chi connectivity index (χ1n) is 10.9. The van der Waals surface area contributed by atoms with Crippen molar-refractivity contribution in [3.05, 3.63) is 101 Å². The molecule has 0 saturated heterocycles. The van der Waals surface area contributed by atoms with Gasteiger partial charge in [-0.05, 0) is 35.7 Å². The van der Waals surface area contributed by atoms with Gasteiger partial charge in [-0.15, -0.1) is 0 Å². The molecule has 0 radical (unpaired) electrons. The number of hydrogen-bond donors (Lipinski definition) is 3. The van der Waals surface area contributed by atoms with Gasteiger partial charge in [-0.25, -0.2) is 5.43 Å². The third-order valence-electron chi connectivity index (χ3n) is 4.78. The van der Waals surface area contributed by atoms with Crippen LogP contribution in [0.1, 0.15) is 16.7 Å². The van der Waals surface area contributed by atoms with Crippen LogP contribution in [0.15, 0.2) is 84.0 Å². The van der Waals surface area contributed by atoms with Crippen LogP contribution < -0.4 is 20.8 Å². The molecule has 9 heteroatoms. The Labute approximate surface area is 208 Å². The molecule has 8 nitrogen and oxygen atoms in total. The zero-order valence-corrected chi connectivity index (χ0v) is 19.6. The predicted molar refractivity (Wildman–Crippen MR) is 134 cm³/mol. The van der Waals surface area contributed by atoms with E-state index in [0.29, 0.717) is 35.8 Å². The summed E-state index contributed by atoms with van der Waals surface area (Å²) in [4.78, 5) is 36.1. The third kappa shape index (κ3) is 8.94. The number of ether oxygens (including phenoxy) is 1. The molecule has 3 aromatic carbocycles. The van der Waals surface area contributed by atoms with Crippen LogP contribution in [0.2, 0.25) is 5.02 Å². The number of rotatable bonds is 10. The fourth-order valence-electron chi connectivity index (χ4n) is 3.00. The van der Waals surface area contributed by atoms with E-state index in [1.165, 1.54) is 6.21 Å². The van der Waals surface area contributed by atoms with E-state index in [4.69, 9.17) is 16.3 Å². The second-order valence-electron chi connectivity index (χ2n) is 7.42. The maximum atomic E-state index is 12.1. The molecule has 0 aromatic heterocycles. The number of hydrazone groups is 1. The van der Waals surface area contributed by atoms with Crippen LogP contribution in [0.3, 0.4) is 0 Å². The summed E-state index contributed by atoms with van der Waals surface area (Å²) in [5.74, 6) is -1.66. The van der Waals surface area contributed by atoms with Gasteiger partial charge in [0.2, 0.25) is 0 Å². The van der Waals surface area contributed by atoms with Gasteiger partial charge < -0.3 is 15.4 Å². The fourth-order valence-corrected chi connectivity index (χ4v) is 3.18.